The van der Waals surface area contributed by atoms with Gasteiger partial charge in [-0.3, -0.25) is 46.3 Å². The number of nitro benzene ring substituents is 3. The molecule has 648 valence electrons. The molecule has 0 atom stereocenters. The van der Waals surface area contributed by atoms with Crippen LogP contribution in [0.4, 0.5) is 78.2 Å². The van der Waals surface area contributed by atoms with Gasteiger partial charge in [0.05, 0.1) is 78.8 Å². The van der Waals surface area contributed by atoms with Crippen LogP contribution >= 0.6 is 0 Å². The average Bonchev–Trinajstić information content (AvgIpc) is 0.874. The van der Waals surface area contributed by atoms with Crippen LogP contribution in [0.2, 0.25) is 0 Å². The minimum atomic E-state index is -0.862. The van der Waals surface area contributed by atoms with Gasteiger partial charge < -0.3 is 131 Å². The number of rotatable bonds is 9. The van der Waals surface area contributed by atoms with Crippen molar-refractivity contribution in [3.05, 3.63) is 200 Å². The maximum atomic E-state index is 10.7. The highest BCUT2D eigenvalue weighted by atomic mass is 16.7. The molecule has 0 bridgehead atoms. The number of alkyl carbamates (subject to hydrolysis) is 1. The van der Waals surface area contributed by atoms with Crippen LogP contribution in [0.1, 0.15) is 7.43 Å². The Morgan fingerprint density at radius 3 is 0.591 bits per heavy atom. The summed E-state index contributed by atoms with van der Waals surface area (Å²) in [4.78, 5) is 113. The number of non-ortho nitro benzene ring substituents is 3. The van der Waals surface area contributed by atoms with Crippen molar-refractivity contribution in [3.63, 3.8) is 0 Å². The second-order valence-electron chi connectivity index (χ2n) is 16.4. The number of phenolic OH excluding ortho intramolecular Hbond substituents is 4. The van der Waals surface area contributed by atoms with Crippen molar-refractivity contribution in [3.8, 4) is 40.2 Å². The number of aliphatic hydroxyl groups excluding tert-OH is 5. The molecule has 21 N–H and O–H groups in total. The number of nitrogens with one attached hydrogen (secondary N) is 4. The summed E-state index contributed by atoms with van der Waals surface area (Å²) in [5, 5.41) is 111. The predicted octanol–water partition coefficient (Wildman–Crippen LogP) is 8.68. The number of carbonyl (C=O) groups excluding carboxylic acids is 8. The molecule has 7 aromatic rings. The number of nitrogens with two attached hydrogens (primary N) is 4. The fourth-order valence-corrected chi connectivity index (χ4v) is 5.12. The monoisotopic (exact) mass is 1650 g/mol. The summed E-state index contributed by atoms with van der Waals surface area (Å²) < 4.78 is 51.9. The van der Waals surface area contributed by atoms with Crippen molar-refractivity contribution in [1.82, 2.24) is 5.32 Å². The first kappa shape index (κ1) is 124. The summed E-state index contributed by atoms with van der Waals surface area (Å²) >= 11 is 0. The van der Waals surface area contributed by atoms with Gasteiger partial charge in [0.1, 0.15) is 40.2 Å². The molecule has 0 radical (unpaired) electrons. The van der Waals surface area contributed by atoms with Crippen LogP contribution in [-0.2, 0) is 42.6 Å². The number of nitro groups is 3. The average molecular weight is 1650 g/mol. The number of hydrogen-bond donors (Lipinski definition) is 17. The van der Waals surface area contributed by atoms with E-state index in [9.17, 15) is 68.7 Å². The van der Waals surface area contributed by atoms with E-state index in [-0.39, 0.29) is 64.7 Å². The van der Waals surface area contributed by atoms with Crippen LogP contribution in [-0.4, -0.2) is 237 Å². The molecule has 4 amide bonds. The highest BCUT2D eigenvalue weighted by Crippen LogP contribution is 2.21. The number of ether oxygens (including phenoxy) is 12. The van der Waals surface area contributed by atoms with Crippen LogP contribution in [0.25, 0.3) is 0 Å². The fourth-order valence-electron chi connectivity index (χ4n) is 5.12. The number of nitrogen functional groups attached to an aromatic ring is 1. The summed E-state index contributed by atoms with van der Waals surface area (Å²) in [6, 6.07) is 40.0. The van der Waals surface area contributed by atoms with Gasteiger partial charge in [-0.1, -0.05) is 7.43 Å². The van der Waals surface area contributed by atoms with Crippen LogP contribution in [0, 0.1) is 30.3 Å². The molecule has 0 aliphatic rings. The van der Waals surface area contributed by atoms with Crippen molar-refractivity contribution in [2.75, 3.05) is 149 Å². The molecule has 0 aliphatic carbocycles. The third kappa shape index (κ3) is 76.2. The van der Waals surface area contributed by atoms with Crippen molar-refractivity contribution < 1.29 is 156 Å². The summed E-state index contributed by atoms with van der Waals surface area (Å²) in [5.41, 5.74) is 21.0. The minimum absolute atomic E-state index is 0. The number of phenols is 4. The Labute approximate surface area is 662 Å². The van der Waals surface area contributed by atoms with Gasteiger partial charge in [-0.2, -0.15) is 0 Å². The van der Waals surface area contributed by atoms with Crippen molar-refractivity contribution >= 4 is 88.8 Å². The number of nitrogens with zero attached hydrogens (tertiary/aromatic N) is 3. The number of amides is 4. The largest absolute Gasteiger partial charge is 0.513 e. The third-order valence-corrected chi connectivity index (χ3v) is 9.76. The highest BCUT2D eigenvalue weighted by molar-refractivity contribution is 5.85. The number of benzene rings is 7. The van der Waals surface area contributed by atoms with Crippen molar-refractivity contribution in [1.29, 1.82) is 0 Å². The maximum absolute atomic E-state index is 10.7. The lowest BCUT2D eigenvalue weighted by atomic mass is 10.3. The van der Waals surface area contributed by atoms with E-state index in [1.54, 1.807) is 60.7 Å². The van der Waals surface area contributed by atoms with E-state index in [4.69, 9.17) is 51.7 Å². The zero-order chi connectivity index (χ0) is 90.5. The Morgan fingerprint density at radius 2 is 0.470 bits per heavy atom. The summed E-state index contributed by atoms with van der Waals surface area (Å²) in [6.45, 7) is 0. The summed E-state index contributed by atoms with van der Waals surface area (Å²) in [6.07, 6.45) is -5.23. The number of anilines is 4. The number of aromatic hydroxyl groups is 4. The third-order valence-electron chi connectivity index (χ3n) is 9.76. The van der Waals surface area contributed by atoms with E-state index in [0.29, 0.717) is 22.7 Å². The molecule has 0 spiro atoms. The van der Waals surface area contributed by atoms with Gasteiger partial charge in [-0.25, -0.2) is 38.4 Å². The Bertz CT molecular complexity index is 3200. The lowest BCUT2D eigenvalue weighted by molar-refractivity contribution is -0.385. The minimum Gasteiger partial charge on any atom is -0.508 e. The standard InChI is InChI=1S/3C8H7NO5.3C8H9NO3.C6H7NO.C3H7NO2.C3H6O3.3CH5N.5CH4O.CH4/c3*1-13-8(10)14-7-4-2-6(3-5-7)9(11)12;3*1-12-8(11)9-6-2-4-7(10)5-3-6;7-5-1-3-6(8)4-2-5;1-4-3(5)6-2;1-5-3(4)6-2;8*1-2;/h3*2-5H,1H3;3*2-5,10H,1H3,(H,9,11);1-4,8H,7H2;1-2H3,(H,4,5);1-2H3;3*2H2,1H3;5*2H,1H3;1H4. The maximum Gasteiger partial charge on any atom is 0.513 e. The first-order valence-electron chi connectivity index (χ1n) is 30.3. The SMILES string of the molecule is C.CN.CN.CN.CNC(=O)OC.CO.CO.CO.CO.CO.COC(=O)Nc1ccc(O)cc1.COC(=O)Nc1ccc(O)cc1.COC(=O)Nc1ccc(O)cc1.COC(=O)OC.COC(=O)Oc1ccc([N+](=O)[O-])cc1.COC(=O)Oc1ccc([N+](=O)[O-])cc1.COC(=O)Oc1ccc([N+](=O)[O-])cc1.Nc1ccc(O)cc1. The Hall–Kier alpha value is -14.4. The second-order valence-corrected chi connectivity index (χ2v) is 16.4. The second kappa shape index (κ2) is 88.5. The fraction of sp³-hybridized carbons (Fsp3) is 0.275. The molecule has 0 saturated heterocycles. The van der Waals surface area contributed by atoms with E-state index in [0.717, 1.165) is 35.5 Å². The number of hydrogen-bond acceptors (Lipinski definition) is 39. The van der Waals surface area contributed by atoms with Gasteiger partial charge in [-0.15, -0.1) is 0 Å². The summed E-state index contributed by atoms with van der Waals surface area (Å²) in [5.74, 6) is 1.31. The van der Waals surface area contributed by atoms with E-state index in [1.165, 1.54) is 201 Å². The molecule has 0 saturated carbocycles. The first-order chi connectivity index (χ1) is 54.5. The van der Waals surface area contributed by atoms with E-state index >= 15 is 0 Å². The van der Waals surface area contributed by atoms with Crippen molar-refractivity contribution in [2.45, 2.75) is 7.43 Å². The van der Waals surface area contributed by atoms with Gasteiger partial charge in [0, 0.05) is 102 Å². The summed E-state index contributed by atoms with van der Waals surface area (Å²) in [7, 11) is 22.2. The van der Waals surface area contributed by atoms with Crippen LogP contribution in [0.5, 0.6) is 40.2 Å². The molecule has 0 fully saturated rings. The molecule has 46 nitrogen and oxygen atoms in total. The van der Waals surface area contributed by atoms with Crippen molar-refractivity contribution in [2.24, 2.45) is 17.2 Å². The van der Waals surface area contributed by atoms with Gasteiger partial charge in [-0.05, 0) is 155 Å². The molecule has 46 heteroatoms. The molecule has 0 heterocycles. The van der Waals surface area contributed by atoms with Gasteiger partial charge in [0.15, 0.2) is 0 Å². The molecule has 0 aromatic heterocycles. The smallest absolute Gasteiger partial charge is 0.508 e. The Kier molecular flexibility index (Phi) is 95.6. The zero-order valence-electron chi connectivity index (χ0n) is 65.5. The molecule has 0 aliphatic heterocycles. The molecular weight excluding hydrogens is 1540 g/mol. The Morgan fingerprint density at radius 1 is 0.296 bits per heavy atom. The molecular formula is C69H107N11O35. The van der Waals surface area contributed by atoms with Gasteiger partial charge >= 0.3 is 49.0 Å². The predicted molar refractivity (Wildman–Crippen MR) is 422 cm³/mol. The van der Waals surface area contributed by atoms with Crippen LogP contribution in [0.3, 0.4) is 0 Å². The van der Waals surface area contributed by atoms with Gasteiger partial charge in [0.2, 0.25) is 0 Å². The number of methoxy groups -OCH3 is 9. The molecule has 0 unspecified atom stereocenters. The highest BCUT2D eigenvalue weighted by Gasteiger charge is 2.11. The lowest BCUT2D eigenvalue weighted by Gasteiger charge is -2.02. The van der Waals surface area contributed by atoms with E-state index in [2.05, 4.69) is 95.3 Å². The van der Waals surface area contributed by atoms with Gasteiger partial charge in [0.25, 0.3) is 17.1 Å². The zero-order valence-corrected chi connectivity index (χ0v) is 65.5. The topological polar surface area (TPSA) is 711 Å². The number of aliphatic hydroxyl groups is 5. The molecule has 115 heavy (non-hydrogen) atoms. The van der Waals surface area contributed by atoms with Crippen LogP contribution < -0.4 is 58.4 Å². The van der Waals surface area contributed by atoms with Crippen LogP contribution in [0.15, 0.2) is 170 Å². The lowest BCUT2D eigenvalue weighted by Crippen LogP contribution is -2.16. The van der Waals surface area contributed by atoms with E-state index < -0.39 is 63.8 Å². The normalized spacial score (nSPS) is 7.98. The Balaban J connectivity index is -0.000000116. The molecule has 7 aromatic carbocycles. The number of carbonyl (C=O) groups is 8. The molecule has 7 rings (SSSR count). The first-order valence-corrected chi connectivity index (χ1v) is 30.3. The van der Waals surface area contributed by atoms with E-state index in [1.807, 2.05) is 0 Å². The quantitative estimate of drug-likeness (QED) is 0.0122.